The molecular formula is C16H21N3. The van der Waals surface area contributed by atoms with Gasteiger partial charge in [0.1, 0.15) is 5.84 Å². The van der Waals surface area contributed by atoms with Crippen LogP contribution in [-0.4, -0.2) is 32.0 Å². The van der Waals surface area contributed by atoms with Crippen LogP contribution in [0.2, 0.25) is 0 Å². The van der Waals surface area contributed by atoms with E-state index in [0.717, 1.165) is 32.0 Å². The molecule has 0 bridgehead atoms. The third-order valence-electron chi connectivity index (χ3n) is 4.50. The number of hydrogen-bond acceptors (Lipinski definition) is 3. The summed E-state index contributed by atoms with van der Waals surface area (Å²) in [6.45, 7) is 4.35. The number of benzene rings is 1. The molecule has 2 heterocycles. The van der Waals surface area contributed by atoms with Crippen molar-refractivity contribution in [2.24, 2.45) is 16.8 Å². The molecule has 0 amide bonds. The van der Waals surface area contributed by atoms with E-state index in [1.807, 2.05) is 0 Å². The lowest BCUT2D eigenvalue weighted by Crippen LogP contribution is -2.43. The number of anilines is 1. The van der Waals surface area contributed by atoms with Crippen molar-refractivity contribution in [1.29, 1.82) is 0 Å². The molecular weight excluding hydrogens is 234 g/mol. The number of para-hydroxylation sites is 1. The first-order valence-electron chi connectivity index (χ1n) is 7.51. The maximum Gasteiger partial charge on any atom is 0.102 e. The number of fused-ring (bicyclic) bond motifs is 1. The molecule has 0 aromatic heterocycles. The van der Waals surface area contributed by atoms with Crippen LogP contribution in [0.3, 0.4) is 0 Å². The zero-order valence-electron chi connectivity index (χ0n) is 11.3. The fraction of sp³-hybridized carbons (Fsp3) is 0.562. The lowest BCUT2D eigenvalue weighted by molar-refractivity contribution is 0.582. The van der Waals surface area contributed by atoms with Gasteiger partial charge in [-0.2, -0.15) is 0 Å². The molecule has 1 aromatic rings. The van der Waals surface area contributed by atoms with Crippen molar-refractivity contribution in [2.75, 3.05) is 31.1 Å². The Labute approximate surface area is 114 Å². The number of aliphatic imine (C=N–C) groups is 1. The van der Waals surface area contributed by atoms with E-state index in [1.54, 1.807) is 0 Å². The summed E-state index contributed by atoms with van der Waals surface area (Å²) in [5.74, 6) is 2.75. The van der Waals surface area contributed by atoms with Gasteiger partial charge in [0.2, 0.25) is 0 Å². The Hall–Kier alpha value is -1.51. The van der Waals surface area contributed by atoms with Crippen LogP contribution in [0.4, 0.5) is 5.69 Å². The fourth-order valence-corrected chi connectivity index (χ4v) is 3.34. The minimum absolute atomic E-state index is 0.566. The van der Waals surface area contributed by atoms with Crippen molar-refractivity contribution >= 4 is 11.5 Å². The van der Waals surface area contributed by atoms with Gasteiger partial charge in [-0.3, -0.25) is 4.99 Å². The van der Waals surface area contributed by atoms with E-state index in [-0.39, 0.29) is 0 Å². The van der Waals surface area contributed by atoms with E-state index in [4.69, 9.17) is 0 Å². The van der Waals surface area contributed by atoms with Crippen molar-refractivity contribution in [3.05, 3.63) is 29.8 Å². The predicted octanol–water partition coefficient (Wildman–Crippen LogP) is 2.08. The number of nitrogens with zero attached hydrogens (tertiary/aromatic N) is 2. The van der Waals surface area contributed by atoms with Crippen LogP contribution in [-0.2, 0) is 6.42 Å². The van der Waals surface area contributed by atoms with Crippen molar-refractivity contribution in [1.82, 2.24) is 5.32 Å². The highest BCUT2D eigenvalue weighted by atomic mass is 15.2. The molecule has 19 heavy (non-hydrogen) atoms. The molecule has 0 spiro atoms. The van der Waals surface area contributed by atoms with Crippen molar-refractivity contribution in [2.45, 2.75) is 19.3 Å². The average molecular weight is 255 g/mol. The molecule has 0 saturated heterocycles. The SMILES string of the molecule is c1ccc2c(c1)CC(C1=NCCN1)CN2CC1CC1. The van der Waals surface area contributed by atoms with Gasteiger partial charge < -0.3 is 10.2 Å². The summed E-state index contributed by atoms with van der Waals surface area (Å²) in [5.41, 5.74) is 2.96. The molecule has 1 N–H and O–H groups in total. The van der Waals surface area contributed by atoms with Crippen LogP contribution >= 0.6 is 0 Å². The number of rotatable bonds is 3. The summed E-state index contributed by atoms with van der Waals surface area (Å²) < 4.78 is 0. The predicted molar refractivity (Wildman–Crippen MR) is 78.9 cm³/mol. The quantitative estimate of drug-likeness (QED) is 0.895. The number of amidine groups is 1. The highest BCUT2D eigenvalue weighted by molar-refractivity contribution is 5.87. The van der Waals surface area contributed by atoms with Crippen molar-refractivity contribution in [3.8, 4) is 0 Å². The van der Waals surface area contributed by atoms with Gasteiger partial charge >= 0.3 is 0 Å². The van der Waals surface area contributed by atoms with Crippen LogP contribution in [0.5, 0.6) is 0 Å². The Bertz CT molecular complexity index is 504. The minimum atomic E-state index is 0.566. The summed E-state index contributed by atoms with van der Waals surface area (Å²) >= 11 is 0. The van der Waals surface area contributed by atoms with Gasteiger partial charge in [0.05, 0.1) is 6.54 Å². The molecule has 0 radical (unpaired) electrons. The van der Waals surface area contributed by atoms with Gasteiger partial charge in [0.15, 0.2) is 0 Å². The highest BCUT2D eigenvalue weighted by Crippen LogP contribution is 2.36. The summed E-state index contributed by atoms with van der Waals surface area (Å²) in [6, 6.07) is 8.92. The average Bonchev–Trinajstić information content (AvgIpc) is 3.08. The third-order valence-corrected chi connectivity index (χ3v) is 4.50. The molecule has 1 aliphatic carbocycles. The molecule has 1 unspecified atom stereocenters. The molecule has 1 saturated carbocycles. The second-order valence-corrected chi connectivity index (χ2v) is 6.07. The van der Waals surface area contributed by atoms with Gasteiger partial charge in [-0.05, 0) is 36.8 Å². The van der Waals surface area contributed by atoms with Gasteiger partial charge in [0.25, 0.3) is 0 Å². The monoisotopic (exact) mass is 255 g/mol. The normalized spacial score (nSPS) is 25.8. The van der Waals surface area contributed by atoms with Crippen molar-refractivity contribution < 1.29 is 0 Å². The third kappa shape index (κ3) is 2.22. The van der Waals surface area contributed by atoms with Crippen LogP contribution < -0.4 is 10.2 Å². The second-order valence-electron chi connectivity index (χ2n) is 6.07. The van der Waals surface area contributed by atoms with Crippen LogP contribution in [0, 0.1) is 11.8 Å². The molecule has 1 aromatic carbocycles. The molecule has 3 heteroatoms. The Morgan fingerprint density at radius 2 is 2.16 bits per heavy atom. The molecule has 3 aliphatic rings. The Morgan fingerprint density at radius 3 is 2.95 bits per heavy atom. The van der Waals surface area contributed by atoms with Gasteiger partial charge in [-0.15, -0.1) is 0 Å². The Kier molecular flexibility index (Phi) is 2.71. The zero-order chi connectivity index (χ0) is 12.7. The van der Waals surface area contributed by atoms with Crippen LogP contribution in [0.1, 0.15) is 18.4 Å². The molecule has 4 rings (SSSR count). The van der Waals surface area contributed by atoms with E-state index >= 15 is 0 Å². The molecule has 1 atom stereocenters. The standard InChI is InChI=1S/C16H21N3/c1-2-4-15-13(3-1)9-14(16-17-7-8-18-16)11-19(15)10-12-5-6-12/h1-4,12,14H,5-11H2,(H,17,18). The number of hydrogen-bond donors (Lipinski definition) is 1. The summed E-state index contributed by atoms with van der Waals surface area (Å²) in [4.78, 5) is 7.24. The van der Waals surface area contributed by atoms with E-state index in [9.17, 15) is 0 Å². The van der Waals surface area contributed by atoms with Gasteiger partial charge in [-0.25, -0.2) is 0 Å². The smallest absolute Gasteiger partial charge is 0.102 e. The first-order chi connectivity index (χ1) is 9.40. The fourth-order valence-electron chi connectivity index (χ4n) is 3.34. The van der Waals surface area contributed by atoms with Crippen molar-refractivity contribution in [3.63, 3.8) is 0 Å². The van der Waals surface area contributed by atoms with Crippen LogP contribution in [0.25, 0.3) is 0 Å². The highest BCUT2D eigenvalue weighted by Gasteiger charge is 2.32. The topological polar surface area (TPSA) is 27.6 Å². The molecule has 3 nitrogen and oxygen atoms in total. The van der Waals surface area contributed by atoms with Gasteiger partial charge in [-0.1, -0.05) is 18.2 Å². The number of nitrogens with one attached hydrogen (secondary N) is 1. The maximum absolute atomic E-state index is 4.64. The summed E-state index contributed by atoms with van der Waals surface area (Å²) in [5, 5.41) is 3.47. The van der Waals surface area contributed by atoms with Crippen LogP contribution in [0.15, 0.2) is 29.3 Å². The molecule has 1 fully saturated rings. The first-order valence-corrected chi connectivity index (χ1v) is 7.51. The summed E-state index contributed by atoms with van der Waals surface area (Å²) in [6.07, 6.45) is 3.98. The lowest BCUT2D eigenvalue weighted by atomic mass is 9.91. The first kappa shape index (κ1) is 11.3. The Morgan fingerprint density at radius 1 is 1.26 bits per heavy atom. The minimum Gasteiger partial charge on any atom is -0.372 e. The van der Waals surface area contributed by atoms with E-state index in [1.165, 1.54) is 36.5 Å². The Balaban J connectivity index is 1.61. The molecule has 100 valence electrons. The van der Waals surface area contributed by atoms with Gasteiger partial charge in [0, 0.05) is 31.2 Å². The maximum atomic E-state index is 4.64. The van der Waals surface area contributed by atoms with E-state index in [2.05, 4.69) is 39.5 Å². The molecule has 2 aliphatic heterocycles. The summed E-state index contributed by atoms with van der Waals surface area (Å²) in [7, 11) is 0. The lowest BCUT2D eigenvalue weighted by Gasteiger charge is -2.36. The van der Waals surface area contributed by atoms with E-state index in [0.29, 0.717) is 5.92 Å². The largest absolute Gasteiger partial charge is 0.372 e. The van der Waals surface area contributed by atoms with E-state index < -0.39 is 0 Å². The zero-order valence-corrected chi connectivity index (χ0v) is 11.3. The second kappa shape index (κ2) is 4.55.